The van der Waals surface area contributed by atoms with Crippen LogP contribution >= 0.6 is 0 Å². The molecule has 30 heavy (non-hydrogen) atoms. The van der Waals surface area contributed by atoms with Gasteiger partial charge in [-0.15, -0.1) is 0 Å². The molecular formula is C23H26FN3O3. The number of morpholine rings is 1. The predicted octanol–water partition coefficient (Wildman–Crippen LogP) is 2.67. The van der Waals surface area contributed by atoms with E-state index < -0.39 is 11.7 Å². The average molecular weight is 411 g/mol. The number of ether oxygens (including phenoxy) is 1. The number of amides is 2. The number of carbonyl (C=O) groups excluding carboxylic acids is 2. The lowest BCUT2D eigenvalue weighted by molar-refractivity contribution is -0.135. The fourth-order valence-electron chi connectivity index (χ4n) is 4.07. The molecular weight excluding hydrogens is 385 g/mol. The van der Waals surface area contributed by atoms with Gasteiger partial charge >= 0.3 is 0 Å². The Hall–Kier alpha value is -2.93. The van der Waals surface area contributed by atoms with Crippen molar-refractivity contribution in [1.29, 1.82) is 0 Å². The second-order valence-corrected chi connectivity index (χ2v) is 7.82. The first-order valence-corrected chi connectivity index (χ1v) is 10.2. The highest BCUT2D eigenvalue weighted by molar-refractivity contribution is 6.00. The minimum Gasteiger partial charge on any atom is -0.378 e. The molecule has 2 aliphatic rings. The summed E-state index contributed by atoms with van der Waals surface area (Å²) >= 11 is 0. The zero-order chi connectivity index (χ0) is 21.1. The molecule has 0 aliphatic carbocycles. The van der Waals surface area contributed by atoms with Crippen molar-refractivity contribution < 1.29 is 18.7 Å². The van der Waals surface area contributed by atoms with Crippen LogP contribution in [0, 0.1) is 11.7 Å². The third-order valence-electron chi connectivity index (χ3n) is 5.73. The number of hydrogen-bond donors (Lipinski definition) is 0. The normalized spacial score (nSPS) is 19.3. The molecule has 0 spiro atoms. The van der Waals surface area contributed by atoms with E-state index in [1.807, 2.05) is 12.1 Å². The Kier molecular flexibility index (Phi) is 5.99. The van der Waals surface area contributed by atoms with Crippen LogP contribution in [0.25, 0.3) is 0 Å². The van der Waals surface area contributed by atoms with Gasteiger partial charge in [0, 0.05) is 45.3 Å². The van der Waals surface area contributed by atoms with Crippen molar-refractivity contribution in [3.05, 3.63) is 59.9 Å². The number of carbonyl (C=O) groups is 2. The summed E-state index contributed by atoms with van der Waals surface area (Å²) in [4.78, 5) is 30.6. The minimum atomic E-state index is -0.463. The molecule has 0 radical (unpaired) electrons. The quantitative estimate of drug-likeness (QED) is 0.759. The molecule has 2 saturated heterocycles. The molecule has 2 fully saturated rings. The summed E-state index contributed by atoms with van der Waals surface area (Å²) in [5.41, 5.74) is 2.41. The van der Waals surface area contributed by atoms with E-state index in [4.69, 9.17) is 4.74 Å². The van der Waals surface area contributed by atoms with E-state index in [0.29, 0.717) is 6.54 Å². The first kappa shape index (κ1) is 20.3. The van der Waals surface area contributed by atoms with Crippen molar-refractivity contribution in [3.63, 3.8) is 0 Å². The number of para-hydroxylation sites is 1. The van der Waals surface area contributed by atoms with Crippen LogP contribution in [0.2, 0.25) is 0 Å². The van der Waals surface area contributed by atoms with Gasteiger partial charge in [0.1, 0.15) is 5.82 Å². The van der Waals surface area contributed by atoms with Crippen LogP contribution in [-0.4, -0.2) is 56.6 Å². The average Bonchev–Trinajstić information content (AvgIpc) is 3.16. The van der Waals surface area contributed by atoms with Gasteiger partial charge in [0.15, 0.2) is 0 Å². The van der Waals surface area contributed by atoms with Crippen molar-refractivity contribution in [1.82, 2.24) is 4.90 Å². The number of hydrogen-bond acceptors (Lipinski definition) is 4. The Morgan fingerprint density at radius 3 is 2.53 bits per heavy atom. The van der Waals surface area contributed by atoms with Crippen LogP contribution in [0.1, 0.15) is 12.0 Å². The largest absolute Gasteiger partial charge is 0.378 e. The van der Waals surface area contributed by atoms with Gasteiger partial charge in [0.2, 0.25) is 11.8 Å². The molecule has 158 valence electrons. The lowest BCUT2D eigenvalue weighted by Gasteiger charge is -2.29. The molecule has 6 nitrogen and oxygen atoms in total. The molecule has 2 aromatic rings. The van der Waals surface area contributed by atoms with E-state index in [1.165, 1.54) is 11.0 Å². The SMILES string of the molecule is CN(Cc1ccc(N2CCOCC2)cc1)C(=O)[C@@H]1CC(=O)N(c2ccccc2F)C1. The summed E-state index contributed by atoms with van der Waals surface area (Å²) in [5, 5.41) is 0. The van der Waals surface area contributed by atoms with Gasteiger partial charge in [-0.1, -0.05) is 24.3 Å². The second-order valence-electron chi connectivity index (χ2n) is 7.82. The van der Waals surface area contributed by atoms with Crippen molar-refractivity contribution in [3.8, 4) is 0 Å². The molecule has 2 amide bonds. The third-order valence-corrected chi connectivity index (χ3v) is 5.73. The summed E-state index contributed by atoms with van der Waals surface area (Å²) in [6.45, 7) is 3.91. The summed E-state index contributed by atoms with van der Waals surface area (Å²) in [6.07, 6.45) is 0.105. The van der Waals surface area contributed by atoms with Gasteiger partial charge in [-0.25, -0.2) is 4.39 Å². The van der Waals surface area contributed by atoms with Crippen LogP contribution in [0.4, 0.5) is 15.8 Å². The molecule has 2 aromatic carbocycles. The molecule has 0 bridgehead atoms. The zero-order valence-electron chi connectivity index (χ0n) is 17.1. The number of rotatable bonds is 5. The second kappa shape index (κ2) is 8.83. The van der Waals surface area contributed by atoms with Crippen molar-refractivity contribution in [2.75, 3.05) is 49.7 Å². The van der Waals surface area contributed by atoms with Crippen LogP contribution in [0.15, 0.2) is 48.5 Å². The van der Waals surface area contributed by atoms with Crippen LogP contribution in [0.5, 0.6) is 0 Å². The van der Waals surface area contributed by atoms with Crippen LogP contribution in [0.3, 0.4) is 0 Å². The molecule has 2 heterocycles. The van der Waals surface area contributed by atoms with Crippen LogP contribution < -0.4 is 9.80 Å². The lowest BCUT2D eigenvalue weighted by atomic mass is 10.1. The first-order chi connectivity index (χ1) is 14.5. The molecule has 4 rings (SSSR count). The highest BCUT2D eigenvalue weighted by Gasteiger charge is 2.37. The summed E-state index contributed by atoms with van der Waals surface area (Å²) < 4.78 is 19.4. The maximum atomic E-state index is 14.1. The smallest absolute Gasteiger partial charge is 0.228 e. The van der Waals surface area contributed by atoms with Gasteiger partial charge in [0.05, 0.1) is 24.8 Å². The van der Waals surface area contributed by atoms with E-state index in [0.717, 1.165) is 37.6 Å². The zero-order valence-corrected chi connectivity index (χ0v) is 17.1. The lowest BCUT2D eigenvalue weighted by Crippen LogP contribution is -2.36. The molecule has 1 atom stereocenters. The van der Waals surface area contributed by atoms with Gasteiger partial charge in [-0.05, 0) is 29.8 Å². The molecule has 7 heteroatoms. The highest BCUT2D eigenvalue weighted by Crippen LogP contribution is 2.28. The van der Waals surface area contributed by atoms with Gasteiger partial charge in [0.25, 0.3) is 0 Å². The molecule has 2 aliphatic heterocycles. The van der Waals surface area contributed by atoms with Gasteiger partial charge < -0.3 is 19.4 Å². The Bertz CT molecular complexity index is 912. The Balaban J connectivity index is 1.37. The number of nitrogens with zero attached hydrogens (tertiary/aromatic N) is 3. The number of benzene rings is 2. The standard InChI is InChI=1S/C23H26FN3O3/c1-25(15-17-6-8-19(9-7-17)26-10-12-30-13-11-26)23(29)18-14-22(28)27(16-18)21-5-3-2-4-20(21)24/h2-9,18H,10-16H2,1H3/t18-/m1/s1. The van der Waals surface area contributed by atoms with Gasteiger partial charge in [-0.3, -0.25) is 9.59 Å². The molecule has 0 saturated carbocycles. The van der Waals surface area contributed by atoms with Crippen LogP contribution in [-0.2, 0) is 20.9 Å². The minimum absolute atomic E-state index is 0.0977. The summed E-state index contributed by atoms with van der Waals surface area (Å²) in [5.74, 6) is -1.23. The van der Waals surface area contributed by atoms with E-state index in [-0.39, 0.29) is 30.5 Å². The molecule has 0 N–H and O–H groups in total. The van der Waals surface area contributed by atoms with E-state index in [2.05, 4.69) is 17.0 Å². The van der Waals surface area contributed by atoms with E-state index >= 15 is 0 Å². The van der Waals surface area contributed by atoms with Gasteiger partial charge in [-0.2, -0.15) is 0 Å². The molecule has 0 aromatic heterocycles. The van der Waals surface area contributed by atoms with Crippen molar-refractivity contribution >= 4 is 23.2 Å². The Labute approximate surface area is 175 Å². The molecule has 0 unspecified atom stereocenters. The summed E-state index contributed by atoms with van der Waals surface area (Å²) in [6, 6.07) is 14.4. The van der Waals surface area contributed by atoms with Crippen molar-refractivity contribution in [2.24, 2.45) is 5.92 Å². The summed E-state index contributed by atoms with van der Waals surface area (Å²) in [7, 11) is 1.74. The monoisotopic (exact) mass is 411 g/mol. The maximum Gasteiger partial charge on any atom is 0.228 e. The predicted molar refractivity (Wildman–Crippen MR) is 113 cm³/mol. The van der Waals surface area contributed by atoms with E-state index in [9.17, 15) is 14.0 Å². The fourth-order valence-corrected chi connectivity index (χ4v) is 4.07. The van der Waals surface area contributed by atoms with E-state index in [1.54, 1.807) is 30.1 Å². The topological polar surface area (TPSA) is 53.1 Å². The first-order valence-electron chi connectivity index (χ1n) is 10.2. The fraction of sp³-hybridized carbons (Fsp3) is 0.391. The number of halogens is 1. The maximum absolute atomic E-state index is 14.1. The number of anilines is 2. The van der Waals surface area contributed by atoms with Crippen molar-refractivity contribution in [2.45, 2.75) is 13.0 Å². The Morgan fingerprint density at radius 2 is 1.83 bits per heavy atom. The Morgan fingerprint density at radius 1 is 1.13 bits per heavy atom. The highest BCUT2D eigenvalue weighted by atomic mass is 19.1. The third kappa shape index (κ3) is 4.31.